The molecule has 0 bridgehead atoms. The van der Waals surface area contributed by atoms with E-state index in [0.29, 0.717) is 11.6 Å². The van der Waals surface area contributed by atoms with Gasteiger partial charge in [0.05, 0.1) is 0 Å². The first kappa shape index (κ1) is 23.7. The van der Waals surface area contributed by atoms with E-state index < -0.39 is 17.5 Å². The number of anilines is 3. The van der Waals surface area contributed by atoms with Crippen LogP contribution in [-0.2, 0) is 9.59 Å². The van der Waals surface area contributed by atoms with Gasteiger partial charge in [-0.3, -0.25) is 4.79 Å². The minimum Gasteiger partial charge on any atom is -0.399 e. The summed E-state index contributed by atoms with van der Waals surface area (Å²) in [4.78, 5) is 28.6. The summed E-state index contributed by atoms with van der Waals surface area (Å²) < 4.78 is 31.5. The van der Waals surface area contributed by atoms with Crippen molar-refractivity contribution in [2.24, 2.45) is 5.92 Å². The normalized spacial score (nSPS) is 17.3. The van der Waals surface area contributed by atoms with Crippen LogP contribution >= 0.6 is 0 Å². The molecule has 10 heteroatoms. The minimum absolute atomic E-state index is 0.104. The molecule has 2 N–H and O–H groups in total. The van der Waals surface area contributed by atoms with Gasteiger partial charge >= 0.3 is 24.0 Å². The second-order valence-electron chi connectivity index (χ2n) is 7.78. The van der Waals surface area contributed by atoms with Crippen molar-refractivity contribution < 1.29 is 27.6 Å². The lowest BCUT2D eigenvalue weighted by Crippen LogP contribution is -2.13. The van der Waals surface area contributed by atoms with Gasteiger partial charge in [-0.2, -0.15) is 9.59 Å². The van der Waals surface area contributed by atoms with Crippen molar-refractivity contribution in [3.8, 4) is 0 Å². The SMILES string of the molecule is CC1CCC(c2ccc(NC(=O)c3nnc(Nc4ccc(F)c(F)c4)o3)cc2)CC1.O=C=O. The number of hydrogen-bond acceptors (Lipinski definition) is 7. The van der Waals surface area contributed by atoms with Crippen LogP contribution < -0.4 is 10.6 Å². The van der Waals surface area contributed by atoms with E-state index in [9.17, 15) is 13.6 Å². The molecule has 0 unspecified atom stereocenters. The predicted octanol–water partition coefficient (Wildman–Crippen LogP) is 5.05. The highest BCUT2D eigenvalue weighted by atomic mass is 19.2. The van der Waals surface area contributed by atoms with Gasteiger partial charge in [0.25, 0.3) is 0 Å². The average Bonchev–Trinajstić information content (AvgIpc) is 3.27. The van der Waals surface area contributed by atoms with Crippen LogP contribution in [0, 0.1) is 17.6 Å². The van der Waals surface area contributed by atoms with Gasteiger partial charge in [-0.1, -0.05) is 37.0 Å². The number of rotatable bonds is 5. The van der Waals surface area contributed by atoms with Gasteiger partial charge < -0.3 is 15.1 Å². The van der Waals surface area contributed by atoms with Crippen molar-refractivity contribution in [3.63, 3.8) is 0 Å². The Hall–Kier alpha value is -3.91. The van der Waals surface area contributed by atoms with Gasteiger partial charge in [0.2, 0.25) is 0 Å². The average molecular weight is 456 g/mol. The lowest BCUT2D eigenvalue weighted by atomic mass is 9.79. The van der Waals surface area contributed by atoms with Crippen LogP contribution in [-0.4, -0.2) is 22.3 Å². The highest BCUT2D eigenvalue weighted by molar-refractivity contribution is 6.00. The van der Waals surface area contributed by atoms with Crippen molar-refractivity contribution in [2.45, 2.75) is 38.5 Å². The van der Waals surface area contributed by atoms with Crippen LogP contribution in [0.25, 0.3) is 0 Å². The van der Waals surface area contributed by atoms with Gasteiger partial charge in [0.15, 0.2) is 11.6 Å². The van der Waals surface area contributed by atoms with E-state index in [0.717, 1.165) is 18.1 Å². The third-order valence-electron chi connectivity index (χ3n) is 5.45. The van der Waals surface area contributed by atoms with Crippen molar-refractivity contribution in [2.75, 3.05) is 10.6 Å². The first-order valence-electron chi connectivity index (χ1n) is 10.4. The Morgan fingerprint density at radius 1 is 0.970 bits per heavy atom. The lowest BCUT2D eigenvalue weighted by molar-refractivity contribution is -0.191. The van der Waals surface area contributed by atoms with Gasteiger partial charge in [-0.05, 0) is 54.5 Å². The second-order valence-corrected chi connectivity index (χ2v) is 7.78. The summed E-state index contributed by atoms with van der Waals surface area (Å²) in [5.74, 6) is -1.40. The molecule has 1 amide bonds. The molecule has 1 aliphatic rings. The van der Waals surface area contributed by atoms with E-state index in [1.165, 1.54) is 37.3 Å². The van der Waals surface area contributed by atoms with Gasteiger partial charge in [-0.15, -0.1) is 5.10 Å². The molecule has 0 atom stereocenters. The Morgan fingerprint density at radius 3 is 2.24 bits per heavy atom. The van der Waals surface area contributed by atoms with Crippen molar-refractivity contribution in [1.82, 2.24) is 10.2 Å². The Bertz CT molecular complexity index is 1120. The summed E-state index contributed by atoms with van der Waals surface area (Å²) in [6, 6.07) is 10.9. The number of amides is 1. The standard InChI is InChI=1S/C22H22F2N4O2.CO2/c1-13-2-4-14(5-3-13)15-6-8-16(9-7-15)25-20(29)21-27-28-22(30-21)26-17-10-11-18(23)19(24)12-17;2-1-3/h6-14H,2-5H2,1H3,(H,25,29)(H,26,28);. The quantitative estimate of drug-likeness (QED) is 0.552. The number of nitrogens with one attached hydrogen (secondary N) is 2. The molecule has 1 heterocycles. The van der Waals surface area contributed by atoms with Gasteiger partial charge in [-0.25, -0.2) is 8.78 Å². The van der Waals surface area contributed by atoms with Crippen LogP contribution in [0.15, 0.2) is 46.9 Å². The van der Waals surface area contributed by atoms with Crippen LogP contribution in [0.5, 0.6) is 0 Å². The molecule has 0 saturated heterocycles. The fourth-order valence-corrected chi connectivity index (χ4v) is 3.68. The molecule has 33 heavy (non-hydrogen) atoms. The topological polar surface area (TPSA) is 114 Å². The van der Waals surface area contributed by atoms with Crippen molar-refractivity contribution in [1.29, 1.82) is 0 Å². The van der Waals surface area contributed by atoms with Gasteiger partial charge in [0, 0.05) is 17.4 Å². The zero-order valence-electron chi connectivity index (χ0n) is 17.8. The molecule has 1 saturated carbocycles. The Labute approximate surface area is 188 Å². The number of hydrogen-bond donors (Lipinski definition) is 2. The van der Waals surface area contributed by atoms with Crippen LogP contribution in [0.3, 0.4) is 0 Å². The number of halogens is 2. The zero-order chi connectivity index (χ0) is 23.8. The monoisotopic (exact) mass is 456 g/mol. The molecule has 3 aromatic rings. The maximum absolute atomic E-state index is 13.3. The zero-order valence-corrected chi connectivity index (χ0v) is 17.8. The van der Waals surface area contributed by atoms with E-state index in [-0.39, 0.29) is 23.7 Å². The number of carbonyl (C=O) groups excluding carboxylic acids is 3. The Morgan fingerprint density at radius 2 is 1.61 bits per heavy atom. The van der Waals surface area contributed by atoms with E-state index in [1.807, 2.05) is 24.3 Å². The molecule has 0 spiro atoms. The first-order valence-corrected chi connectivity index (χ1v) is 10.4. The third kappa shape index (κ3) is 6.54. The fraction of sp³-hybridized carbons (Fsp3) is 0.304. The summed E-state index contributed by atoms with van der Waals surface area (Å²) in [5, 5.41) is 12.7. The van der Waals surface area contributed by atoms with Gasteiger partial charge in [0.1, 0.15) is 0 Å². The summed E-state index contributed by atoms with van der Waals surface area (Å²) in [7, 11) is 0. The molecular formula is C23H22F2N4O4. The minimum atomic E-state index is -1.01. The summed E-state index contributed by atoms with van der Waals surface area (Å²) in [6.07, 6.45) is 5.15. The fourth-order valence-electron chi connectivity index (χ4n) is 3.68. The van der Waals surface area contributed by atoms with Crippen molar-refractivity contribution in [3.05, 3.63) is 65.6 Å². The number of nitrogens with zero attached hydrogens (tertiary/aromatic N) is 2. The second kappa shape index (κ2) is 11.1. The molecule has 8 nitrogen and oxygen atoms in total. The Kier molecular flexibility index (Phi) is 7.99. The lowest BCUT2D eigenvalue weighted by Gasteiger charge is -2.26. The third-order valence-corrected chi connectivity index (χ3v) is 5.45. The Balaban J connectivity index is 0.000000968. The molecule has 0 radical (unpaired) electrons. The summed E-state index contributed by atoms with van der Waals surface area (Å²) in [5.41, 5.74) is 2.13. The number of carbonyl (C=O) groups is 1. The summed E-state index contributed by atoms with van der Waals surface area (Å²) >= 11 is 0. The molecule has 1 fully saturated rings. The first-order chi connectivity index (χ1) is 15.9. The van der Waals surface area contributed by atoms with E-state index in [1.54, 1.807) is 0 Å². The maximum atomic E-state index is 13.3. The van der Waals surface area contributed by atoms with Crippen molar-refractivity contribution >= 4 is 29.4 Å². The predicted molar refractivity (Wildman–Crippen MR) is 114 cm³/mol. The largest absolute Gasteiger partial charge is 0.399 e. The molecule has 1 aliphatic carbocycles. The maximum Gasteiger partial charge on any atom is 0.373 e. The van der Waals surface area contributed by atoms with E-state index in [4.69, 9.17) is 14.0 Å². The molecule has 1 aromatic heterocycles. The molecule has 0 aliphatic heterocycles. The molecular weight excluding hydrogens is 434 g/mol. The van der Waals surface area contributed by atoms with Crippen LogP contribution in [0.1, 0.15) is 54.8 Å². The smallest absolute Gasteiger partial charge is 0.373 e. The molecule has 2 aromatic carbocycles. The highest BCUT2D eigenvalue weighted by Gasteiger charge is 2.20. The molecule has 4 rings (SSSR count). The summed E-state index contributed by atoms with van der Waals surface area (Å²) in [6.45, 7) is 2.30. The van der Waals surface area contributed by atoms with E-state index >= 15 is 0 Å². The highest BCUT2D eigenvalue weighted by Crippen LogP contribution is 2.35. The van der Waals surface area contributed by atoms with Crippen LogP contribution in [0.4, 0.5) is 26.2 Å². The van der Waals surface area contributed by atoms with E-state index in [2.05, 4.69) is 27.8 Å². The number of benzene rings is 2. The number of aromatic nitrogens is 2. The molecule has 172 valence electrons. The van der Waals surface area contributed by atoms with Crippen LogP contribution in [0.2, 0.25) is 0 Å².